The van der Waals surface area contributed by atoms with Crippen LogP contribution in [0.15, 0.2) is 84.9 Å². The van der Waals surface area contributed by atoms with Gasteiger partial charge in [0.2, 0.25) is 0 Å². The summed E-state index contributed by atoms with van der Waals surface area (Å²) in [6.07, 6.45) is -2.09. The lowest BCUT2D eigenvalue weighted by Gasteiger charge is -2.37. The molecule has 2 heterocycles. The second-order valence-electron chi connectivity index (χ2n) is 9.59. The van der Waals surface area contributed by atoms with Crippen molar-refractivity contribution in [3.05, 3.63) is 107 Å². The zero-order valence-corrected chi connectivity index (χ0v) is 19.9. The van der Waals surface area contributed by atoms with Gasteiger partial charge in [0.15, 0.2) is 5.78 Å². The number of benzene rings is 4. The molecule has 5 unspecified atom stereocenters. The minimum Gasteiger partial charge on any atom is -0.508 e. The lowest BCUT2D eigenvalue weighted by Crippen LogP contribution is -2.35. The Balaban J connectivity index is 1.54. The molecule has 4 aromatic rings. The summed E-state index contributed by atoms with van der Waals surface area (Å²) in [7, 11) is 0. The number of ketones is 1. The highest BCUT2D eigenvalue weighted by Gasteiger charge is 2.56. The van der Waals surface area contributed by atoms with Gasteiger partial charge in [0.1, 0.15) is 40.6 Å². The average Bonchev–Trinajstić information content (AvgIpc) is 3.29. The standard InChI is InChI=1S/C30H24O8/c31-17-5-1-15(2-6-17)28-25(27(36)21-11-9-19(33)13-23(21)35)26-29(16-3-7-18(32)8-4-16)37-24-14-20(34)10-12-22(24)30(26)38-28/h1-14,25-26,28-35H. The van der Waals surface area contributed by atoms with Crippen molar-refractivity contribution in [2.45, 2.75) is 18.3 Å². The number of Topliss-reactive ketones (excluding diaryl/α,β-unsaturated/α-hetero) is 1. The number of phenolic OH excluding ortho intramolecular Hbond substituents is 5. The molecule has 0 spiro atoms. The fourth-order valence-electron chi connectivity index (χ4n) is 5.55. The predicted octanol–water partition coefficient (Wildman–Crippen LogP) is 5.28. The topological polar surface area (TPSA) is 137 Å². The maximum atomic E-state index is 14.2. The van der Waals surface area contributed by atoms with E-state index in [4.69, 9.17) is 9.47 Å². The molecule has 1 saturated heterocycles. The maximum absolute atomic E-state index is 14.2. The first-order valence-electron chi connectivity index (χ1n) is 12.1. The van der Waals surface area contributed by atoms with Gasteiger partial charge in [0.05, 0.1) is 23.7 Å². The summed E-state index contributed by atoms with van der Waals surface area (Å²) < 4.78 is 13.0. The van der Waals surface area contributed by atoms with Crippen molar-refractivity contribution in [1.29, 1.82) is 0 Å². The number of phenols is 5. The molecule has 6 rings (SSSR count). The molecule has 38 heavy (non-hydrogen) atoms. The lowest BCUT2D eigenvalue weighted by atomic mass is 9.73. The summed E-state index contributed by atoms with van der Waals surface area (Å²) in [6.45, 7) is 0. The summed E-state index contributed by atoms with van der Waals surface area (Å²) in [6, 6.07) is 21.4. The fourth-order valence-corrected chi connectivity index (χ4v) is 5.55. The third kappa shape index (κ3) is 3.95. The fraction of sp³-hybridized carbons (Fsp3) is 0.167. The van der Waals surface area contributed by atoms with Crippen LogP contribution in [0.5, 0.6) is 34.5 Å². The Hall–Kier alpha value is -4.69. The van der Waals surface area contributed by atoms with Crippen molar-refractivity contribution in [2.75, 3.05) is 0 Å². The molecule has 0 radical (unpaired) electrons. The quantitative estimate of drug-likeness (QED) is 0.233. The molecular formula is C30H24O8. The molecule has 0 amide bonds. The van der Waals surface area contributed by atoms with Crippen molar-refractivity contribution in [1.82, 2.24) is 0 Å². The van der Waals surface area contributed by atoms with Crippen LogP contribution in [-0.2, 0) is 4.74 Å². The van der Waals surface area contributed by atoms with Gasteiger partial charge in [-0.3, -0.25) is 4.79 Å². The van der Waals surface area contributed by atoms with Crippen molar-refractivity contribution < 1.29 is 39.8 Å². The molecule has 0 aromatic heterocycles. The summed E-state index contributed by atoms with van der Waals surface area (Å²) in [4.78, 5) is 14.2. The van der Waals surface area contributed by atoms with Gasteiger partial charge in [-0.25, -0.2) is 0 Å². The number of carbonyl (C=O) groups is 1. The summed E-state index contributed by atoms with van der Waals surface area (Å²) in [5.41, 5.74) is 2.03. The van der Waals surface area contributed by atoms with Crippen LogP contribution in [0.4, 0.5) is 0 Å². The van der Waals surface area contributed by atoms with Crippen LogP contribution in [-0.4, -0.2) is 31.3 Å². The van der Waals surface area contributed by atoms with E-state index in [9.17, 15) is 30.3 Å². The summed E-state index contributed by atoms with van der Waals surface area (Å²) in [5, 5.41) is 50.2. The molecule has 2 aliphatic rings. The molecule has 0 saturated carbocycles. The SMILES string of the molecule is O=C(c1ccc(O)cc1O)C1C(c2ccc(O)cc2)OC2c3ccc(O)cc3OC(c3ccc(O)cc3)C21. The summed E-state index contributed by atoms with van der Waals surface area (Å²) >= 11 is 0. The second-order valence-corrected chi connectivity index (χ2v) is 9.59. The van der Waals surface area contributed by atoms with E-state index in [0.29, 0.717) is 22.4 Å². The van der Waals surface area contributed by atoms with Crippen molar-refractivity contribution in [3.8, 4) is 34.5 Å². The summed E-state index contributed by atoms with van der Waals surface area (Å²) in [5.74, 6) is -1.78. The second kappa shape index (κ2) is 9.00. The Morgan fingerprint density at radius 1 is 0.605 bits per heavy atom. The Labute approximate surface area is 217 Å². The number of carbonyl (C=O) groups excluding carboxylic acids is 1. The number of rotatable bonds is 4. The molecule has 192 valence electrons. The molecule has 5 N–H and O–H groups in total. The van der Waals surface area contributed by atoms with Crippen LogP contribution in [0.3, 0.4) is 0 Å². The molecule has 0 aliphatic carbocycles. The lowest BCUT2D eigenvalue weighted by molar-refractivity contribution is -0.00737. The van der Waals surface area contributed by atoms with E-state index in [1.807, 2.05) is 0 Å². The first-order valence-corrected chi connectivity index (χ1v) is 12.1. The number of aromatic hydroxyl groups is 5. The number of hydrogen-bond donors (Lipinski definition) is 5. The van der Waals surface area contributed by atoms with Crippen LogP contribution in [0.1, 0.15) is 45.4 Å². The molecule has 8 heteroatoms. The Morgan fingerprint density at radius 3 is 1.79 bits per heavy atom. The zero-order chi connectivity index (χ0) is 26.6. The highest BCUT2D eigenvalue weighted by Crippen LogP contribution is 2.60. The molecule has 4 aromatic carbocycles. The largest absolute Gasteiger partial charge is 0.508 e. The van der Waals surface area contributed by atoms with Gasteiger partial charge >= 0.3 is 0 Å². The van der Waals surface area contributed by atoms with Gasteiger partial charge in [-0.15, -0.1) is 0 Å². The molecular weight excluding hydrogens is 488 g/mol. The zero-order valence-electron chi connectivity index (χ0n) is 19.9. The highest BCUT2D eigenvalue weighted by molar-refractivity contribution is 6.01. The van der Waals surface area contributed by atoms with E-state index in [1.54, 1.807) is 30.3 Å². The van der Waals surface area contributed by atoms with E-state index in [0.717, 1.165) is 6.07 Å². The van der Waals surface area contributed by atoms with Gasteiger partial charge < -0.3 is 35.0 Å². The molecule has 0 bridgehead atoms. The predicted molar refractivity (Wildman–Crippen MR) is 135 cm³/mol. The minimum atomic E-state index is -0.847. The number of ether oxygens (including phenoxy) is 2. The van der Waals surface area contributed by atoms with Gasteiger partial charge in [0.25, 0.3) is 0 Å². The smallest absolute Gasteiger partial charge is 0.173 e. The van der Waals surface area contributed by atoms with Gasteiger partial charge in [-0.1, -0.05) is 24.3 Å². The van der Waals surface area contributed by atoms with Crippen LogP contribution in [0, 0.1) is 11.8 Å². The Bertz CT molecular complexity index is 1510. The van der Waals surface area contributed by atoms with Crippen LogP contribution < -0.4 is 4.74 Å². The molecule has 8 nitrogen and oxygen atoms in total. The van der Waals surface area contributed by atoms with Crippen LogP contribution in [0.25, 0.3) is 0 Å². The van der Waals surface area contributed by atoms with E-state index in [-0.39, 0.29) is 34.3 Å². The van der Waals surface area contributed by atoms with E-state index in [2.05, 4.69) is 0 Å². The molecule has 2 aliphatic heterocycles. The van der Waals surface area contributed by atoms with Crippen molar-refractivity contribution >= 4 is 5.78 Å². The van der Waals surface area contributed by atoms with Crippen molar-refractivity contribution in [3.63, 3.8) is 0 Å². The number of fused-ring (bicyclic) bond motifs is 3. The Kier molecular flexibility index (Phi) is 5.61. The third-order valence-corrected chi connectivity index (χ3v) is 7.28. The number of hydrogen-bond acceptors (Lipinski definition) is 8. The Morgan fingerprint density at radius 2 is 1.16 bits per heavy atom. The van der Waals surface area contributed by atoms with E-state index in [1.165, 1.54) is 48.5 Å². The first-order chi connectivity index (χ1) is 18.3. The normalized spacial score (nSPS) is 23.7. The average molecular weight is 513 g/mol. The van der Waals surface area contributed by atoms with Crippen molar-refractivity contribution in [2.24, 2.45) is 11.8 Å². The van der Waals surface area contributed by atoms with E-state index >= 15 is 0 Å². The monoisotopic (exact) mass is 512 g/mol. The maximum Gasteiger partial charge on any atom is 0.173 e. The van der Waals surface area contributed by atoms with Crippen LogP contribution in [0.2, 0.25) is 0 Å². The van der Waals surface area contributed by atoms with Gasteiger partial charge in [-0.05, 0) is 59.7 Å². The molecule has 5 atom stereocenters. The highest BCUT2D eigenvalue weighted by atomic mass is 16.5. The molecule has 1 fully saturated rings. The minimum absolute atomic E-state index is 0.0152. The first kappa shape index (κ1) is 23.7. The van der Waals surface area contributed by atoms with E-state index < -0.39 is 35.9 Å². The van der Waals surface area contributed by atoms with Crippen LogP contribution >= 0.6 is 0 Å². The van der Waals surface area contributed by atoms with Gasteiger partial charge in [-0.2, -0.15) is 0 Å². The van der Waals surface area contributed by atoms with Gasteiger partial charge in [0, 0.05) is 23.6 Å². The third-order valence-electron chi connectivity index (χ3n) is 7.28.